The molecule has 0 N–H and O–H groups in total. The number of halogens is 1. The van der Waals surface area contributed by atoms with Gasteiger partial charge in [0.2, 0.25) is 5.91 Å². The molecule has 2 rings (SSSR count). The molecule has 0 bridgehead atoms. The fourth-order valence-corrected chi connectivity index (χ4v) is 4.30. The molecule has 1 saturated heterocycles. The molecule has 0 aromatic heterocycles. The van der Waals surface area contributed by atoms with Crippen molar-refractivity contribution in [2.45, 2.75) is 25.2 Å². The number of nitrogens with zero attached hydrogens (tertiary/aromatic N) is 2. The van der Waals surface area contributed by atoms with Gasteiger partial charge in [0.05, 0.1) is 9.82 Å². The Hall–Kier alpha value is -1.67. The van der Waals surface area contributed by atoms with Crippen LogP contribution in [-0.4, -0.2) is 30.1 Å². The summed E-state index contributed by atoms with van der Waals surface area (Å²) in [6.45, 7) is 3.33. The second-order valence-corrected chi connectivity index (χ2v) is 7.30. The first kappa shape index (κ1) is 15.7. The summed E-state index contributed by atoms with van der Waals surface area (Å²) in [5.74, 6) is -0.575. The molecule has 1 aromatic rings. The van der Waals surface area contributed by atoms with Crippen LogP contribution in [0.25, 0.3) is 0 Å². The van der Waals surface area contributed by atoms with Crippen molar-refractivity contribution in [1.82, 2.24) is 4.31 Å². The van der Waals surface area contributed by atoms with Crippen LogP contribution in [0, 0.1) is 23.0 Å². The highest BCUT2D eigenvalue weighted by atomic mass is 35.5. The molecule has 1 heterocycles. The Kier molecular flexibility index (Phi) is 3.94. The van der Waals surface area contributed by atoms with Crippen LogP contribution in [0.2, 0.25) is 5.02 Å². The van der Waals surface area contributed by atoms with Gasteiger partial charge in [-0.2, -0.15) is 0 Å². The molecule has 1 fully saturated rings. The average molecular weight is 333 g/mol. The maximum absolute atomic E-state index is 12.5. The molecule has 1 amide bonds. The van der Waals surface area contributed by atoms with E-state index in [2.05, 4.69) is 0 Å². The monoisotopic (exact) mass is 332 g/mol. The lowest BCUT2D eigenvalue weighted by atomic mass is 10.2. The van der Waals surface area contributed by atoms with Crippen LogP contribution in [0.4, 0.5) is 5.69 Å². The van der Waals surface area contributed by atoms with Crippen molar-refractivity contribution in [3.63, 3.8) is 0 Å². The number of sulfonamides is 1. The van der Waals surface area contributed by atoms with Crippen molar-refractivity contribution in [3.05, 3.63) is 32.8 Å². The van der Waals surface area contributed by atoms with Gasteiger partial charge >= 0.3 is 0 Å². The van der Waals surface area contributed by atoms with Gasteiger partial charge in [-0.05, 0) is 24.5 Å². The number of nitro groups is 1. The lowest BCUT2D eigenvalue weighted by Gasteiger charge is -2.18. The summed E-state index contributed by atoms with van der Waals surface area (Å²) >= 11 is 5.74. The highest BCUT2D eigenvalue weighted by molar-refractivity contribution is 7.89. The number of hydrogen-bond acceptors (Lipinski definition) is 5. The van der Waals surface area contributed by atoms with Crippen molar-refractivity contribution in [3.8, 4) is 0 Å². The zero-order valence-electron chi connectivity index (χ0n) is 11.4. The lowest BCUT2D eigenvalue weighted by Crippen LogP contribution is -2.32. The second kappa shape index (κ2) is 5.27. The van der Waals surface area contributed by atoms with Gasteiger partial charge in [-0.15, -0.1) is 0 Å². The summed E-state index contributed by atoms with van der Waals surface area (Å²) in [7, 11) is -4.10. The second-order valence-electron chi connectivity index (χ2n) is 5.07. The maximum Gasteiger partial charge on any atom is 0.289 e. The van der Waals surface area contributed by atoms with E-state index in [0.29, 0.717) is 0 Å². The third-order valence-electron chi connectivity index (χ3n) is 3.29. The summed E-state index contributed by atoms with van der Waals surface area (Å²) in [5, 5.41) is 10.8. The minimum atomic E-state index is -4.10. The normalized spacial score (nSPS) is 19.1. The molecule has 0 radical (unpaired) electrons. The predicted molar refractivity (Wildman–Crippen MR) is 75.5 cm³/mol. The van der Waals surface area contributed by atoms with E-state index in [9.17, 15) is 23.3 Å². The van der Waals surface area contributed by atoms with Gasteiger partial charge < -0.3 is 0 Å². The largest absolute Gasteiger partial charge is 0.289 e. The number of carbonyl (C=O) groups is 1. The van der Waals surface area contributed by atoms with Gasteiger partial charge in [0, 0.05) is 19.0 Å². The van der Waals surface area contributed by atoms with Crippen LogP contribution in [-0.2, 0) is 14.8 Å². The van der Waals surface area contributed by atoms with Crippen molar-refractivity contribution >= 4 is 33.2 Å². The van der Waals surface area contributed by atoms with Crippen molar-refractivity contribution < 1.29 is 18.1 Å². The lowest BCUT2D eigenvalue weighted by molar-refractivity contribution is -0.384. The Labute approximate surface area is 126 Å². The van der Waals surface area contributed by atoms with E-state index in [1.807, 2.05) is 0 Å². The summed E-state index contributed by atoms with van der Waals surface area (Å²) < 4.78 is 25.8. The molecule has 1 aliphatic heterocycles. The van der Waals surface area contributed by atoms with E-state index in [-0.39, 0.29) is 34.4 Å². The first-order chi connectivity index (χ1) is 9.64. The first-order valence-corrected chi connectivity index (χ1v) is 7.96. The van der Waals surface area contributed by atoms with E-state index in [0.717, 1.165) is 10.4 Å². The number of amides is 1. The molecule has 1 aromatic carbocycles. The summed E-state index contributed by atoms with van der Waals surface area (Å²) in [6, 6.07) is 2.12. The zero-order chi connectivity index (χ0) is 15.9. The smallest absolute Gasteiger partial charge is 0.274 e. The summed E-state index contributed by atoms with van der Waals surface area (Å²) in [6.07, 6.45) is 0.147. The van der Waals surface area contributed by atoms with Gasteiger partial charge in [0.25, 0.3) is 15.7 Å². The Bertz CT molecular complexity index is 731. The quantitative estimate of drug-likeness (QED) is 0.623. The van der Waals surface area contributed by atoms with Crippen LogP contribution >= 0.6 is 11.6 Å². The van der Waals surface area contributed by atoms with Crippen molar-refractivity contribution in [2.24, 2.45) is 5.92 Å². The van der Waals surface area contributed by atoms with E-state index in [1.165, 1.54) is 13.0 Å². The molecule has 21 heavy (non-hydrogen) atoms. The van der Waals surface area contributed by atoms with Crippen LogP contribution in [0.15, 0.2) is 17.0 Å². The molecule has 0 spiro atoms. The summed E-state index contributed by atoms with van der Waals surface area (Å²) in [5.41, 5.74) is -0.238. The standard InChI is InChI=1S/C12H13ClN2O5S/c1-7-3-12(16)14(6-7)21(19,20)11-5-10(15(17)18)9(13)4-8(11)2/h4-5,7H,3,6H2,1-2H3. The maximum atomic E-state index is 12.5. The minimum absolute atomic E-state index is 0.0742. The molecular weight excluding hydrogens is 320 g/mol. The highest BCUT2D eigenvalue weighted by Crippen LogP contribution is 2.33. The Balaban J connectivity index is 2.58. The van der Waals surface area contributed by atoms with Gasteiger partial charge in [0.1, 0.15) is 5.02 Å². The summed E-state index contributed by atoms with van der Waals surface area (Å²) in [4.78, 5) is 21.7. The topological polar surface area (TPSA) is 97.6 Å². The number of aryl methyl sites for hydroxylation is 1. The number of nitro benzene ring substituents is 1. The third-order valence-corrected chi connectivity index (χ3v) is 5.52. The predicted octanol–water partition coefficient (Wildman–Crippen LogP) is 2.11. The third kappa shape index (κ3) is 2.73. The molecule has 9 heteroatoms. The number of rotatable bonds is 3. The van der Waals surface area contributed by atoms with Crippen LogP contribution in [0.3, 0.4) is 0 Å². The molecule has 114 valence electrons. The van der Waals surface area contributed by atoms with Gasteiger partial charge in [0.15, 0.2) is 0 Å². The highest BCUT2D eigenvalue weighted by Gasteiger charge is 2.38. The molecule has 1 unspecified atom stereocenters. The molecular formula is C12H13ClN2O5S. The van der Waals surface area contributed by atoms with E-state index >= 15 is 0 Å². The number of benzene rings is 1. The van der Waals surface area contributed by atoms with Crippen LogP contribution in [0.5, 0.6) is 0 Å². The molecule has 0 aliphatic carbocycles. The number of carbonyl (C=O) groups excluding carboxylic acids is 1. The molecule has 0 saturated carbocycles. The van der Waals surface area contributed by atoms with Crippen LogP contribution < -0.4 is 0 Å². The van der Waals surface area contributed by atoms with Crippen molar-refractivity contribution in [1.29, 1.82) is 0 Å². The fourth-order valence-electron chi connectivity index (χ4n) is 2.26. The molecule has 1 atom stereocenters. The average Bonchev–Trinajstić information content (AvgIpc) is 2.68. The van der Waals surface area contributed by atoms with Crippen LogP contribution in [0.1, 0.15) is 18.9 Å². The van der Waals surface area contributed by atoms with E-state index in [4.69, 9.17) is 11.6 Å². The minimum Gasteiger partial charge on any atom is -0.274 e. The fraction of sp³-hybridized carbons (Fsp3) is 0.417. The Morgan fingerprint density at radius 1 is 1.43 bits per heavy atom. The molecule has 7 nitrogen and oxygen atoms in total. The zero-order valence-corrected chi connectivity index (χ0v) is 12.9. The Morgan fingerprint density at radius 3 is 2.52 bits per heavy atom. The molecule has 1 aliphatic rings. The van der Waals surface area contributed by atoms with E-state index in [1.54, 1.807) is 6.92 Å². The van der Waals surface area contributed by atoms with Gasteiger partial charge in [-0.25, -0.2) is 12.7 Å². The van der Waals surface area contributed by atoms with Crippen molar-refractivity contribution in [2.75, 3.05) is 6.54 Å². The Morgan fingerprint density at radius 2 is 2.05 bits per heavy atom. The SMILES string of the molecule is Cc1cc(Cl)c([N+](=O)[O-])cc1S(=O)(=O)N1CC(C)CC1=O. The van der Waals surface area contributed by atoms with E-state index < -0.39 is 26.5 Å². The van der Waals surface area contributed by atoms with Gasteiger partial charge in [-0.3, -0.25) is 14.9 Å². The number of hydrogen-bond donors (Lipinski definition) is 0. The first-order valence-electron chi connectivity index (χ1n) is 6.14. The van der Waals surface area contributed by atoms with Gasteiger partial charge in [-0.1, -0.05) is 18.5 Å².